The van der Waals surface area contributed by atoms with Crippen LogP contribution in [0.25, 0.3) is 0 Å². The molecule has 0 saturated heterocycles. The average Bonchev–Trinajstić information content (AvgIpc) is 2.48. The van der Waals surface area contributed by atoms with Crippen LogP contribution in [0, 0.1) is 0 Å². The van der Waals surface area contributed by atoms with E-state index >= 15 is 0 Å². The first-order chi connectivity index (χ1) is 10.3. The lowest BCUT2D eigenvalue weighted by Crippen LogP contribution is -2.27. The van der Waals surface area contributed by atoms with E-state index in [1.54, 1.807) is 0 Å². The van der Waals surface area contributed by atoms with E-state index < -0.39 is 16.0 Å². The second kappa shape index (κ2) is 6.39. The minimum atomic E-state index is -3.70. The van der Waals surface area contributed by atoms with Crippen LogP contribution < -0.4 is 0 Å². The van der Waals surface area contributed by atoms with Crippen molar-refractivity contribution in [3.63, 3.8) is 0 Å². The predicted octanol–water partition coefficient (Wildman–Crippen LogP) is 1.65. The van der Waals surface area contributed by atoms with Gasteiger partial charge in [-0.2, -0.15) is 4.31 Å². The summed E-state index contributed by atoms with van der Waals surface area (Å²) in [6.45, 7) is -0.0785. The van der Waals surface area contributed by atoms with Gasteiger partial charge in [-0.1, -0.05) is 11.6 Å². The van der Waals surface area contributed by atoms with Crippen LogP contribution in [0.3, 0.4) is 0 Å². The first-order valence-corrected chi connectivity index (χ1v) is 7.88. The van der Waals surface area contributed by atoms with Gasteiger partial charge in [0, 0.05) is 24.5 Å². The molecule has 1 heterocycles. The van der Waals surface area contributed by atoms with E-state index in [9.17, 15) is 13.2 Å². The molecule has 22 heavy (non-hydrogen) atoms. The Kier molecular flexibility index (Phi) is 4.74. The number of aromatic carboxylic acids is 1. The molecule has 1 N–H and O–H groups in total. The summed E-state index contributed by atoms with van der Waals surface area (Å²) in [7, 11) is -2.31. The van der Waals surface area contributed by atoms with Crippen LogP contribution in [0.2, 0.25) is 5.02 Å². The number of carboxylic acids is 1. The van der Waals surface area contributed by atoms with Crippen LogP contribution in [0.5, 0.6) is 0 Å². The van der Waals surface area contributed by atoms with Crippen LogP contribution in [0.4, 0.5) is 0 Å². The Bertz CT molecular complexity index is 776. The summed E-state index contributed by atoms with van der Waals surface area (Å²) in [6.07, 6.45) is 2.26. The van der Waals surface area contributed by atoms with Gasteiger partial charge >= 0.3 is 5.97 Å². The number of rotatable bonds is 5. The molecule has 0 unspecified atom stereocenters. The van der Waals surface area contributed by atoms with Crippen molar-refractivity contribution in [2.24, 2.45) is 0 Å². The van der Waals surface area contributed by atoms with Gasteiger partial charge in [0.25, 0.3) is 0 Å². The number of aromatic nitrogens is 2. The van der Waals surface area contributed by atoms with Gasteiger partial charge in [-0.05, 0) is 24.3 Å². The van der Waals surface area contributed by atoms with E-state index in [0.29, 0.717) is 5.02 Å². The highest BCUT2D eigenvalue weighted by atomic mass is 35.5. The molecule has 0 bridgehead atoms. The zero-order chi connectivity index (χ0) is 16.3. The van der Waals surface area contributed by atoms with Gasteiger partial charge in [-0.3, -0.25) is 0 Å². The SMILES string of the molecule is CN(Cc1ncc(C(=O)O)cn1)S(=O)(=O)c1ccc(Cl)cc1. The second-order valence-electron chi connectivity index (χ2n) is 4.41. The standard InChI is InChI=1S/C13H12ClN3O4S/c1-17(8-12-15-6-9(7-16-12)13(18)19)22(20,21)11-4-2-10(14)3-5-11/h2-7H,8H2,1H3,(H,18,19). The van der Waals surface area contributed by atoms with Crippen molar-refractivity contribution in [2.75, 3.05) is 7.05 Å². The number of hydrogen-bond acceptors (Lipinski definition) is 5. The summed E-state index contributed by atoms with van der Waals surface area (Å²) in [6, 6.07) is 5.78. The average molecular weight is 342 g/mol. The van der Waals surface area contributed by atoms with Crippen molar-refractivity contribution in [2.45, 2.75) is 11.4 Å². The smallest absolute Gasteiger partial charge is 0.338 e. The second-order valence-corrected chi connectivity index (χ2v) is 6.89. The first-order valence-electron chi connectivity index (χ1n) is 6.07. The number of carboxylic acid groups (broad SMARTS) is 1. The number of halogens is 1. The molecule has 2 aromatic rings. The Morgan fingerprint density at radius 3 is 2.27 bits per heavy atom. The molecule has 9 heteroatoms. The zero-order valence-electron chi connectivity index (χ0n) is 11.5. The molecule has 116 valence electrons. The van der Waals surface area contributed by atoms with Gasteiger partial charge in [-0.25, -0.2) is 23.2 Å². The quantitative estimate of drug-likeness (QED) is 0.887. The van der Waals surface area contributed by atoms with E-state index in [-0.39, 0.29) is 22.8 Å². The molecule has 0 spiro atoms. The fourth-order valence-corrected chi connectivity index (χ4v) is 2.87. The van der Waals surface area contributed by atoms with Crippen LogP contribution in [-0.2, 0) is 16.6 Å². The number of hydrogen-bond donors (Lipinski definition) is 1. The molecule has 0 aliphatic heterocycles. The molecule has 0 atom stereocenters. The molecule has 1 aromatic heterocycles. The first kappa shape index (κ1) is 16.3. The van der Waals surface area contributed by atoms with Gasteiger partial charge in [0.05, 0.1) is 17.0 Å². The summed E-state index contributed by atoms with van der Waals surface area (Å²) < 4.78 is 25.8. The van der Waals surface area contributed by atoms with Gasteiger partial charge < -0.3 is 5.11 Å². The van der Waals surface area contributed by atoms with Crippen LogP contribution in [0.15, 0.2) is 41.6 Å². The Morgan fingerprint density at radius 1 is 1.23 bits per heavy atom. The van der Waals surface area contributed by atoms with Gasteiger partial charge in [-0.15, -0.1) is 0 Å². The molecule has 0 aliphatic carbocycles. The largest absolute Gasteiger partial charge is 0.478 e. The highest BCUT2D eigenvalue weighted by Crippen LogP contribution is 2.18. The third-order valence-electron chi connectivity index (χ3n) is 2.84. The maximum absolute atomic E-state index is 12.4. The fourth-order valence-electron chi connectivity index (χ4n) is 1.62. The Morgan fingerprint density at radius 2 is 1.77 bits per heavy atom. The highest BCUT2D eigenvalue weighted by molar-refractivity contribution is 7.89. The minimum Gasteiger partial charge on any atom is -0.478 e. The maximum atomic E-state index is 12.4. The number of nitrogens with zero attached hydrogens (tertiary/aromatic N) is 3. The minimum absolute atomic E-state index is 0.0630. The maximum Gasteiger partial charge on any atom is 0.338 e. The van der Waals surface area contributed by atoms with Crippen LogP contribution >= 0.6 is 11.6 Å². The number of sulfonamides is 1. The summed E-state index contributed by atoms with van der Waals surface area (Å²) in [5.74, 6) is -0.946. The zero-order valence-corrected chi connectivity index (χ0v) is 13.0. The van der Waals surface area contributed by atoms with Gasteiger partial charge in [0.15, 0.2) is 0 Å². The molecule has 2 rings (SSSR count). The Labute approximate surface area is 132 Å². The third-order valence-corrected chi connectivity index (χ3v) is 4.91. The normalized spacial score (nSPS) is 11.6. The van der Waals surface area contributed by atoms with Crippen LogP contribution in [0.1, 0.15) is 16.2 Å². The molecular weight excluding hydrogens is 330 g/mol. The molecule has 1 aromatic carbocycles. The van der Waals surface area contributed by atoms with Gasteiger partial charge in [0.1, 0.15) is 5.82 Å². The van der Waals surface area contributed by atoms with Crippen molar-refractivity contribution in [3.8, 4) is 0 Å². The van der Waals surface area contributed by atoms with E-state index in [2.05, 4.69) is 9.97 Å². The Hall–Kier alpha value is -2.03. The third kappa shape index (κ3) is 3.59. The summed E-state index contributed by atoms with van der Waals surface area (Å²) in [5, 5.41) is 9.20. The van der Waals surface area contributed by atoms with E-state index in [1.165, 1.54) is 31.3 Å². The van der Waals surface area contributed by atoms with Gasteiger partial charge in [0.2, 0.25) is 10.0 Å². The monoisotopic (exact) mass is 341 g/mol. The van der Waals surface area contributed by atoms with Crippen LogP contribution in [-0.4, -0.2) is 40.8 Å². The molecule has 0 aliphatic rings. The summed E-state index contributed by atoms with van der Waals surface area (Å²) in [4.78, 5) is 18.5. The van der Waals surface area contributed by atoms with Crippen molar-refractivity contribution in [1.82, 2.24) is 14.3 Å². The highest BCUT2D eigenvalue weighted by Gasteiger charge is 2.21. The van der Waals surface area contributed by atoms with Crippen molar-refractivity contribution >= 4 is 27.6 Å². The van der Waals surface area contributed by atoms with Crippen molar-refractivity contribution < 1.29 is 18.3 Å². The predicted molar refractivity (Wildman–Crippen MR) is 79.1 cm³/mol. The molecule has 7 nitrogen and oxygen atoms in total. The molecule has 0 radical (unpaired) electrons. The van der Waals surface area contributed by atoms with E-state index in [0.717, 1.165) is 16.7 Å². The van der Waals surface area contributed by atoms with E-state index in [4.69, 9.17) is 16.7 Å². The molecular formula is C13H12ClN3O4S. The van der Waals surface area contributed by atoms with E-state index in [1.807, 2.05) is 0 Å². The van der Waals surface area contributed by atoms with Crippen molar-refractivity contribution in [3.05, 3.63) is 53.1 Å². The summed E-state index contributed by atoms with van der Waals surface area (Å²) >= 11 is 5.74. The number of carbonyl (C=O) groups is 1. The fraction of sp³-hybridized carbons (Fsp3) is 0.154. The molecule has 0 amide bonds. The molecule has 0 saturated carbocycles. The molecule has 0 fully saturated rings. The lowest BCUT2D eigenvalue weighted by atomic mass is 10.3. The lowest BCUT2D eigenvalue weighted by molar-refractivity contribution is 0.0696. The summed E-state index contributed by atoms with van der Waals surface area (Å²) in [5.41, 5.74) is -0.0630. The Balaban J connectivity index is 2.18. The topological polar surface area (TPSA) is 100 Å². The van der Waals surface area contributed by atoms with Crippen molar-refractivity contribution in [1.29, 1.82) is 0 Å². The number of benzene rings is 1. The lowest BCUT2D eigenvalue weighted by Gasteiger charge is -2.16.